The Morgan fingerprint density at radius 3 is 0.921 bits per heavy atom. The number of carbonyl (C=O) groups is 4. The van der Waals surface area contributed by atoms with Crippen LogP contribution in [0.2, 0.25) is 0 Å². The lowest BCUT2D eigenvalue weighted by molar-refractivity contribution is -0.161. The van der Waals surface area contributed by atoms with Crippen LogP contribution in [0.5, 0.6) is 0 Å². The lowest BCUT2D eigenvalue weighted by Crippen LogP contribution is -2.30. The van der Waals surface area contributed by atoms with E-state index in [2.05, 4.69) is 58.9 Å². The molecule has 0 heterocycles. The molecule has 0 aromatic heterocycles. The average molecular weight is 1310 g/mol. The SMILES string of the molecule is CCCCCC/C=C\C=C/CCCCCCCC(=O)OC[C@H](COP(=O)(O)OC[C@@H](O)COP(=O)(O)OC[C@@H](COC(=O)CCCCCCCCCC)OC(=O)CCCCCCCCCCCC)OC(=O)CCCCCCCCCCCCCCCC(C)C. The molecule has 0 aliphatic heterocycles. The van der Waals surface area contributed by atoms with Crippen molar-refractivity contribution in [1.82, 2.24) is 0 Å². The highest BCUT2D eigenvalue weighted by Crippen LogP contribution is 2.45. The van der Waals surface area contributed by atoms with Crippen LogP contribution in [-0.2, 0) is 65.4 Å². The van der Waals surface area contributed by atoms with E-state index in [1.54, 1.807) is 0 Å². The summed E-state index contributed by atoms with van der Waals surface area (Å²) in [4.78, 5) is 72.4. The lowest BCUT2D eigenvalue weighted by Gasteiger charge is -2.21. The molecule has 17 nitrogen and oxygen atoms in total. The van der Waals surface area contributed by atoms with Crippen LogP contribution in [0, 0.1) is 5.92 Å². The zero-order chi connectivity index (χ0) is 65.6. The molecule has 524 valence electrons. The fraction of sp³-hybridized carbons (Fsp3) is 0.886. The van der Waals surface area contributed by atoms with Gasteiger partial charge in [-0.2, -0.15) is 0 Å². The lowest BCUT2D eigenvalue weighted by atomic mass is 10.0. The Bertz CT molecular complexity index is 1810. The van der Waals surface area contributed by atoms with Gasteiger partial charge >= 0.3 is 39.5 Å². The van der Waals surface area contributed by atoms with E-state index in [1.165, 1.54) is 135 Å². The molecule has 0 aromatic carbocycles. The molecule has 0 aliphatic rings. The van der Waals surface area contributed by atoms with Crippen LogP contribution in [0.1, 0.15) is 336 Å². The van der Waals surface area contributed by atoms with E-state index in [9.17, 15) is 43.2 Å². The molecule has 0 saturated heterocycles. The Hall–Kier alpha value is -2.46. The van der Waals surface area contributed by atoms with Gasteiger partial charge in [-0.05, 0) is 57.3 Å². The number of esters is 4. The van der Waals surface area contributed by atoms with E-state index >= 15 is 0 Å². The minimum absolute atomic E-state index is 0.100. The van der Waals surface area contributed by atoms with Crippen molar-refractivity contribution < 1.29 is 80.2 Å². The van der Waals surface area contributed by atoms with Gasteiger partial charge in [0.2, 0.25) is 0 Å². The van der Waals surface area contributed by atoms with E-state index in [0.29, 0.717) is 25.7 Å². The number of aliphatic hydroxyl groups excluding tert-OH is 1. The molecular weight excluding hydrogens is 1170 g/mol. The molecule has 0 spiro atoms. The number of ether oxygens (including phenoxy) is 4. The first-order valence-electron chi connectivity index (χ1n) is 36.0. The van der Waals surface area contributed by atoms with Gasteiger partial charge in [0, 0.05) is 25.7 Å². The highest BCUT2D eigenvalue weighted by molar-refractivity contribution is 7.47. The summed E-state index contributed by atoms with van der Waals surface area (Å²) in [5, 5.41) is 10.6. The highest BCUT2D eigenvalue weighted by Gasteiger charge is 2.30. The molecule has 2 unspecified atom stereocenters. The third kappa shape index (κ3) is 64.1. The molecular formula is C70H132O17P2. The smallest absolute Gasteiger partial charge is 0.462 e. The average Bonchev–Trinajstić information content (AvgIpc) is 3.59. The normalized spacial score (nSPS) is 14.3. The van der Waals surface area contributed by atoms with Gasteiger partial charge in [0.15, 0.2) is 12.2 Å². The Kier molecular flexibility index (Phi) is 61.2. The molecule has 0 fully saturated rings. The van der Waals surface area contributed by atoms with Crippen molar-refractivity contribution in [1.29, 1.82) is 0 Å². The second kappa shape index (κ2) is 63.0. The van der Waals surface area contributed by atoms with Crippen molar-refractivity contribution >= 4 is 39.5 Å². The zero-order valence-electron chi connectivity index (χ0n) is 57.0. The van der Waals surface area contributed by atoms with Crippen molar-refractivity contribution in [3.8, 4) is 0 Å². The Morgan fingerprint density at radius 1 is 0.348 bits per heavy atom. The molecule has 0 bridgehead atoms. The van der Waals surface area contributed by atoms with Crippen LogP contribution in [0.15, 0.2) is 24.3 Å². The summed E-state index contributed by atoms with van der Waals surface area (Å²) in [5.74, 6) is -1.37. The standard InChI is InChI=1S/C70H132O17P2/c1-6-9-12-15-18-21-23-24-25-28-31-35-39-44-49-54-68(73)81-60-66(87-70(75)56-51-46-41-36-32-29-26-27-30-33-37-42-47-52-63(4)5)62-85-89(78,79)83-58-64(71)57-82-88(76,77)84-61-65(59-80-67(72)53-48-43-38-20-17-14-11-8-3)86-69(74)55-50-45-40-34-22-19-16-13-10-7-2/h21,23-25,63-66,71H,6-20,22,26-62H2,1-5H3,(H,76,77)(H,78,79)/b23-21-,25-24-/t64-,65+,66+/m0/s1. The van der Waals surface area contributed by atoms with Crippen molar-refractivity contribution in [3.63, 3.8) is 0 Å². The molecule has 0 amide bonds. The third-order valence-electron chi connectivity index (χ3n) is 15.7. The van der Waals surface area contributed by atoms with Crippen LogP contribution in [0.25, 0.3) is 0 Å². The predicted octanol–water partition coefficient (Wildman–Crippen LogP) is 19.7. The largest absolute Gasteiger partial charge is 0.472 e. The minimum atomic E-state index is -4.96. The van der Waals surface area contributed by atoms with E-state index in [1.807, 2.05) is 0 Å². The van der Waals surface area contributed by atoms with Crippen molar-refractivity contribution in [2.75, 3.05) is 39.6 Å². The number of carbonyl (C=O) groups excluding carboxylic acids is 4. The first kappa shape index (κ1) is 86.5. The number of rotatable bonds is 68. The molecule has 0 aliphatic carbocycles. The highest BCUT2D eigenvalue weighted by atomic mass is 31.2. The van der Waals surface area contributed by atoms with Crippen molar-refractivity contribution in [3.05, 3.63) is 24.3 Å². The molecule has 19 heteroatoms. The summed E-state index contributed by atoms with van der Waals surface area (Å²) in [7, 11) is -9.90. The second-order valence-electron chi connectivity index (χ2n) is 25.1. The minimum Gasteiger partial charge on any atom is -0.462 e. The Balaban J connectivity index is 5.25. The first-order chi connectivity index (χ1) is 43.0. The number of allylic oxidation sites excluding steroid dienone is 4. The molecule has 0 saturated carbocycles. The molecule has 3 N–H and O–H groups in total. The van der Waals surface area contributed by atoms with Crippen molar-refractivity contribution in [2.45, 2.75) is 355 Å². The van der Waals surface area contributed by atoms with Crippen LogP contribution in [-0.4, -0.2) is 96.7 Å². The maximum Gasteiger partial charge on any atom is 0.472 e. The number of phosphoric acid groups is 2. The zero-order valence-corrected chi connectivity index (χ0v) is 58.8. The van der Waals surface area contributed by atoms with E-state index in [-0.39, 0.29) is 25.7 Å². The first-order valence-corrected chi connectivity index (χ1v) is 38.9. The summed E-state index contributed by atoms with van der Waals surface area (Å²) >= 11 is 0. The van der Waals surface area contributed by atoms with E-state index in [0.717, 1.165) is 121 Å². The Labute approximate surface area is 542 Å². The molecule has 0 radical (unpaired) electrons. The van der Waals surface area contributed by atoms with E-state index in [4.69, 9.17) is 37.0 Å². The van der Waals surface area contributed by atoms with Crippen LogP contribution in [0.3, 0.4) is 0 Å². The van der Waals surface area contributed by atoms with Crippen LogP contribution >= 0.6 is 15.6 Å². The second-order valence-corrected chi connectivity index (χ2v) is 28.0. The fourth-order valence-corrected chi connectivity index (χ4v) is 11.7. The summed E-state index contributed by atoms with van der Waals surface area (Å²) < 4.78 is 68.1. The summed E-state index contributed by atoms with van der Waals surface area (Å²) in [6, 6.07) is 0. The van der Waals surface area contributed by atoms with Crippen LogP contribution in [0.4, 0.5) is 0 Å². The monoisotopic (exact) mass is 1310 g/mol. The molecule has 5 atom stereocenters. The van der Waals surface area contributed by atoms with Gasteiger partial charge in [-0.25, -0.2) is 9.13 Å². The van der Waals surface area contributed by atoms with Gasteiger partial charge in [0.1, 0.15) is 19.3 Å². The van der Waals surface area contributed by atoms with Gasteiger partial charge in [0.25, 0.3) is 0 Å². The third-order valence-corrected chi connectivity index (χ3v) is 17.6. The number of phosphoric ester groups is 2. The number of aliphatic hydroxyl groups is 1. The number of hydrogen-bond acceptors (Lipinski definition) is 15. The quantitative estimate of drug-likeness (QED) is 0.0169. The molecule has 89 heavy (non-hydrogen) atoms. The summed E-state index contributed by atoms with van der Waals surface area (Å²) in [6.45, 7) is 7.16. The van der Waals surface area contributed by atoms with Gasteiger partial charge in [-0.3, -0.25) is 37.3 Å². The number of unbranched alkanes of at least 4 members (excludes halogenated alkanes) is 37. The van der Waals surface area contributed by atoms with Crippen LogP contribution < -0.4 is 0 Å². The van der Waals surface area contributed by atoms with Crippen molar-refractivity contribution in [2.24, 2.45) is 5.92 Å². The maximum absolute atomic E-state index is 13.0. The fourth-order valence-electron chi connectivity index (χ4n) is 10.1. The topological polar surface area (TPSA) is 237 Å². The van der Waals surface area contributed by atoms with E-state index < -0.39 is 97.5 Å². The summed E-state index contributed by atoms with van der Waals surface area (Å²) in [6.07, 6.45) is 52.1. The van der Waals surface area contributed by atoms with Gasteiger partial charge in [0.05, 0.1) is 26.4 Å². The molecule has 0 aromatic rings. The van der Waals surface area contributed by atoms with Gasteiger partial charge in [-0.1, -0.05) is 284 Å². The maximum atomic E-state index is 13.0. The summed E-state index contributed by atoms with van der Waals surface area (Å²) in [5.41, 5.74) is 0. The number of hydrogen-bond donors (Lipinski definition) is 3. The molecule has 0 rings (SSSR count). The predicted molar refractivity (Wildman–Crippen MR) is 358 cm³/mol. The van der Waals surface area contributed by atoms with Gasteiger partial charge < -0.3 is 33.8 Å². The Morgan fingerprint density at radius 2 is 0.607 bits per heavy atom. The van der Waals surface area contributed by atoms with Gasteiger partial charge in [-0.15, -0.1) is 0 Å².